The predicted octanol–water partition coefficient (Wildman–Crippen LogP) is 3.11. The van der Waals surface area contributed by atoms with E-state index in [0.717, 1.165) is 12.5 Å². The Hall–Kier alpha value is -0.860. The minimum Gasteiger partial charge on any atom is -0.316 e. The van der Waals surface area contributed by atoms with E-state index < -0.39 is 0 Å². The smallest absolute Gasteiger partial charge is 0.00176 e. The van der Waals surface area contributed by atoms with Gasteiger partial charge in [-0.2, -0.15) is 0 Å². The molecule has 2 heteroatoms. The van der Waals surface area contributed by atoms with Crippen molar-refractivity contribution in [1.82, 2.24) is 10.2 Å². The predicted molar refractivity (Wildman–Crippen MR) is 82.6 cm³/mol. The van der Waals surface area contributed by atoms with Gasteiger partial charge in [0.2, 0.25) is 0 Å². The third-order valence-electron chi connectivity index (χ3n) is 4.41. The second-order valence-electron chi connectivity index (χ2n) is 5.85. The molecule has 0 amide bonds. The lowest BCUT2D eigenvalue weighted by atomic mass is 9.96. The molecule has 0 radical (unpaired) electrons. The van der Waals surface area contributed by atoms with Gasteiger partial charge in [0.1, 0.15) is 0 Å². The summed E-state index contributed by atoms with van der Waals surface area (Å²) < 4.78 is 0. The van der Waals surface area contributed by atoms with E-state index in [1.165, 1.54) is 44.6 Å². The first-order valence-electron chi connectivity index (χ1n) is 7.77. The molecule has 1 aliphatic rings. The summed E-state index contributed by atoms with van der Waals surface area (Å²) in [6.45, 7) is 10.6. The number of rotatable bonds is 6. The number of benzene rings is 1. The third kappa shape index (κ3) is 4.63. The van der Waals surface area contributed by atoms with Gasteiger partial charge in [-0.1, -0.05) is 44.2 Å². The van der Waals surface area contributed by atoms with Crippen molar-refractivity contribution in [2.24, 2.45) is 5.92 Å². The van der Waals surface area contributed by atoms with Crippen LogP contribution < -0.4 is 5.32 Å². The summed E-state index contributed by atoms with van der Waals surface area (Å²) >= 11 is 0. The molecule has 0 spiro atoms. The van der Waals surface area contributed by atoms with E-state index >= 15 is 0 Å². The summed E-state index contributed by atoms with van der Waals surface area (Å²) in [6.07, 6.45) is 2.72. The van der Waals surface area contributed by atoms with Crippen molar-refractivity contribution in [1.29, 1.82) is 0 Å². The maximum Gasteiger partial charge on any atom is 0.00176 e. The summed E-state index contributed by atoms with van der Waals surface area (Å²) in [7, 11) is 0. The second-order valence-corrected chi connectivity index (χ2v) is 5.85. The molecule has 1 saturated heterocycles. The lowest BCUT2D eigenvalue weighted by molar-refractivity contribution is 0.190. The van der Waals surface area contributed by atoms with E-state index in [0.29, 0.717) is 5.92 Å². The van der Waals surface area contributed by atoms with Gasteiger partial charge in [0.25, 0.3) is 0 Å². The maximum atomic E-state index is 3.67. The van der Waals surface area contributed by atoms with Crippen molar-refractivity contribution in [2.75, 3.05) is 32.7 Å². The zero-order valence-corrected chi connectivity index (χ0v) is 12.4. The Bertz CT molecular complexity index is 342. The molecular formula is C17H28N2. The fraction of sp³-hybridized carbons (Fsp3) is 0.647. The fourth-order valence-corrected chi connectivity index (χ4v) is 2.91. The molecule has 1 aliphatic heterocycles. The van der Waals surface area contributed by atoms with Crippen molar-refractivity contribution >= 4 is 0 Å². The van der Waals surface area contributed by atoms with Crippen molar-refractivity contribution in [3.8, 4) is 0 Å². The van der Waals surface area contributed by atoms with Crippen LogP contribution in [0.2, 0.25) is 0 Å². The topological polar surface area (TPSA) is 15.3 Å². The molecule has 1 atom stereocenters. The van der Waals surface area contributed by atoms with E-state index in [2.05, 4.69) is 54.4 Å². The van der Waals surface area contributed by atoms with Gasteiger partial charge < -0.3 is 10.2 Å². The van der Waals surface area contributed by atoms with Crippen LogP contribution in [0.5, 0.6) is 0 Å². The second kappa shape index (κ2) is 7.66. The minimum absolute atomic E-state index is 0.608. The molecule has 1 aromatic carbocycles. The Morgan fingerprint density at radius 2 is 1.89 bits per heavy atom. The Morgan fingerprint density at radius 1 is 1.21 bits per heavy atom. The molecular weight excluding hydrogens is 232 g/mol. The molecule has 1 fully saturated rings. The molecule has 0 saturated carbocycles. The molecule has 106 valence electrons. The van der Waals surface area contributed by atoms with E-state index in [9.17, 15) is 0 Å². The Morgan fingerprint density at radius 3 is 2.53 bits per heavy atom. The molecule has 1 unspecified atom stereocenters. The van der Waals surface area contributed by atoms with E-state index in [1.807, 2.05) is 0 Å². The third-order valence-corrected chi connectivity index (χ3v) is 4.41. The fourth-order valence-electron chi connectivity index (χ4n) is 2.91. The van der Waals surface area contributed by atoms with E-state index in [-0.39, 0.29) is 0 Å². The highest BCUT2D eigenvalue weighted by Gasteiger charge is 2.17. The van der Waals surface area contributed by atoms with Crippen LogP contribution in [0.3, 0.4) is 0 Å². The van der Waals surface area contributed by atoms with Gasteiger partial charge >= 0.3 is 0 Å². The largest absolute Gasteiger partial charge is 0.316 e. The van der Waals surface area contributed by atoms with E-state index in [1.54, 1.807) is 0 Å². The highest BCUT2D eigenvalue weighted by Crippen LogP contribution is 2.17. The molecule has 19 heavy (non-hydrogen) atoms. The van der Waals surface area contributed by atoms with Crippen LogP contribution in [0.1, 0.15) is 38.2 Å². The van der Waals surface area contributed by atoms with Crippen LogP contribution in [0, 0.1) is 5.92 Å². The van der Waals surface area contributed by atoms with Crippen molar-refractivity contribution in [3.05, 3.63) is 35.9 Å². The number of nitrogens with one attached hydrogen (secondary N) is 1. The molecule has 2 rings (SSSR count). The number of hydrogen-bond donors (Lipinski definition) is 1. The van der Waals surface area contributed by atoms with Gasteiger partial charge in [-0.15, -0.1) is 0 Å². The summed E-state index contributed by atoms with van der Waals surface area (Å²) in [6, 6.07) is 10.8. The maximum absolute atomic E-state index is 3.67. The van der Waals surface area contributed by atoms with Crippen LogP contribution in [0.15, 0.2) is 30.3 Å². The van der Waals surface area contributed by atoms with Gasteiger partial charge in [0, 0.05) is 6.54 Å². The van der Waals surface area contributed by atoms with Gasteiger partial charge in [0.15, 0.2) is 0 Å². The SMILES string of the molecule is CCN1CCC(CNCC(C)c2ccccc2)CC1. The molecule has 1 heterocycles. The molecule has 1 N–H and O–H groups in total. The average Bonchev–Trinajstić information content (AvgIpc) is 2.49. The molecule has 0 aromatic heterocycles. The van der Waals surface area contributed by atoms with Gasteiger partial charge in [-0.3, -0.25) is 0 Å². The van der Waals surface area contributed by atoms with Crippen LogP contribution in [0.4, 0.5) is 0 Å². The van der Waals surface area contributed by atoms with E-state index in [4.69, 9.17) is 0 Å². The number of nitrogens with zero attached hydrogens (tertiary/aromatic N) is 1. The minimum atomic E-state index is 0.608. The number of likely N-dealkylation sites (tertiary alicyclic amines) is 1. The first-order chi connectivity index (χ1) is 9.29. The number of hydrogen-bond acceptors (Lipinski definition) is 2. The highest BCUT2D eigenvalue weighted by atomic mass is 15.1. The van der Waals surface area contributed by atoms with Gasteiger partial charge in [-0.25, -0.2) is 0 Å². The molecule has 0 bridgehead atoms. The Labute approximate surface area is 118 Å². The van der Waals surface area contributed by atoms with Crippen LogP contribution >= 0.6 is 0 Å². The lowest BCUT2D eigenvalue weighted by Crippen LogP contribution is -2.37. The zero-order chi connectivity index (χ0) is 13.5. The van der Waals surface area contributed by atoms with Gasteiger partial charge in [-0.05, 0) is 56.4 Å². The van der Waals surface area contributed by atoms with Crippen molar-refractivity contribution in [3.63, 3.8) is 0 Å². The molecule has 1 aromatic rings. The first-order valence-corrected chi connectivity index (χ1v) is 7.77. The summed E-state index contributed by atoms with van der Waals surface area (Å²) in [5.41, 5.74) is 1.44. The van der Waals surface area contributed by atoms with Crippen LogP contribution in [-0.4, -0.2) is 37.6 Å². The molecule has 0 aliphatic carbocycles. The Kier molecular flexibility index (Phi) is 5.87. The summed E-state index contributed by atoms with van der Waals surface area (Å²) in [4.78, 5) is 2.56. The quantitative estimate of drug-likeness (QED) is 0.845. The number of piperidine rings is 1. The normalized spacial score (nSPS) is 19.5. The molecule has 2 nitrogen and oxygen atoms in total. The van der Waals surface area contributed by atoms with Crippen LogP contribution in [0.25, 0.3) is 0 Å². The summed E-state index contributed by atoms with van der Waals surface area (Å²) in [5.74, 6) is 1.49. The zero-order valence-electron chi connectivity index (χ0n) is 12.4. The average molecular weight is 260 g/mol. The lowest BCUT2D eigenvalue weighted by Gasteiger charge is -2.31. The first kappa shape index (κ1) is 14.5. The van der Waals surface area contributed by atoms with Gasteiger partial charge in [0.05, 0.1) is 0 Å². The standard InChI is InChI=1S/C17H28N2/c1-3-19-11-9-16(10-12-19)14-18-13-15(2)17-7-5-4-6-8-17/h4-8,15-16,18H,3,9-14H2,1-2H3. The monoisotopic (exact) mass is 260 g/mol. The van der Waals surface area contributed by atoms with Crippen LogP contribution in [-0.2, 0) is 0 Å². The Balaban J connectivity index is 1.64. The highest BCUT2D eigenvalue weighted by molar-refractivity contribution is 5.18. The van der Waals surface area contributed by atoms with Crippen molar-refractivity contribution < 1.29 is 0 Å². The summed E-state index contributed by atoms with van der Waals surface area (Å²) in [5, 5.41) is 3.67. The van der Waals surface area contributed by atoms with Crippen molar-refractivity contribution in [2.45, 2.75) is 32.6 Å².